The zero-order valence-electron chi connectivity index (χ0n) is 15.0. The smallest absolute Gasteiger partial charge is 0.342 e. The molecule has 1 aromatic rings. The second kappa shape index (κ2) is 12.5. The number of carboxylic acid groups (broad SMARTS) is 1. The minimum Gasteiger partial charge on any atom is -0.477 e. The lowest BCUT2D eigenvalue weighted by atomic mass is 10.3. The molecule has 0 saturated carbocycles. The molecule has 0 aliphatic carbocycles. The second-order valence-corrected chi connectivity index (χ2v) is 7.46. The number of carboxylic acids is 1. The number of benzene rings is 1. The highest BCUT2D eigenvalue weighted by molar-refractivity contribution is 8.31. The van der Waals surface area contributed by atoms with Crippen LogP contribution >= 0.6 is 23.5 Å². The maximum atomic E-state index is 11.2. The van der Waals surface area contributed by atoms with Crippen LogP contribution in [0.3, 0.4) is 0 Å². The standard InChI is InChI=1S/C14H18N4O2S2.C3H8/c1-9(2)12(13(19)20)21-10(3)22-14(17-15)18(16)11-7-5-4-6-8-11;1-3-2/h4-8H,3,15-16H2,1-2H3,(H,19,20);3H2,1-2H3/b17-14+;. The molecule has 138 valence electrons. The number of aliphatic carboxylic acids is 1. The molecule has 0 heterocycles. The van der Waals surface area contributed by atoms with Gasteiger partial charge in [0.05, 0.1) is 10.6 Å². The predicted octanol–water partition coefficient (Wildman–Crippen LogP) is 4.33. The third kappa shape index (κ3) is 8.67. The number of hydrazine groups is 1. The van der Waals surface area contributed by atoms with Crippen molar-refractivity contribution in [1.82, 2.24) is 0 Å². The quantitative estimate of drug-likeness (QED) is 0.229. The summed E-state index contributed by atoms with van der Waals surface area (Å²) in [5.41, 5.74) is 1.40. The van der Waals surface area contributed by atoms with Crippen molar-refractivity contribution in [2.24, 2.45) is 16.8 Å². The van der Waals surface area contributed by atoms with Crippen LogP contribution in [0.1, 0.15) is 34.1 Å². The minimum atomic E-state index is -0.995. The van der Waals surface area contributed by atoms with E-state index < -0.39 is 5.97 Å². The topological polar surface area (TPSA) is 105 Å². The Bertz CT molecular complexity index is 627. The van der Waals surface area contributed by atoms with Gasteiger partial charge in [-0.1, -0.05) is 62.4 Å². The molecule has 0 bridgehead atoms. The van der Waals surface area contributed by atoms with Crippen molar-refractivity contribution in [3.63, 3.8) is 0 Å². The van der Waals surface area contributed by atoms with Gasteiger partial charge in [-0.3, -0.25) is 5.01 Å². The van der Waals surface area contributed by atoms with Crippen LogP contribution in [-0.2, 0) is 4.79 Å². The van der Waals surface area contributed by atoms with E-state index in [1.54, 1.807) is 26.0 Å². The molecule has 25 heavy (non-hydrogen) atoms. The van der Waals surface area contributed by atoms with Gasteiger partial charge in [0, 0.05) is 4.24 Å². The molecule has 1 rings (SSSR count). The van der Waals surface area contributed by atoms with E-state index in [2.05, 4.69) is 25.5 Å². The molecule has 0 atom stereocenters. The Kier molecular flexibility index (Phi) is 11.5. The van der Waals surface area contributed by atoms with Crippen LogP contribution in [0.2, 0.25) is 0 Å². The SMILES string of the molecule is C=C(SC(C(=O)O)=C(C)C)S/C(=N/N)N(N)c1ccccc1.CCC. The van der Waals surface area contributed by atoms with Crippen molar-refractivity contribution in [3.05, 3.63) is 51.6 Å². The summed E-state index contributed by atoms with van der Waals surface area (Å²) in [7, 11) is 0. The molecule has 0 saturated heterocycles. The fourth-order valence-corrected chi connectivity index (χ4v) is 3.05. The monoisotopic (exact) mass is 382 g/mol. The van der Waals surface area contributed by atoms with Crippen molar-refractivity contribution in [2.45, 2.75) is 34.1 Å². The van der Waals surface area contributed by atoms with E-state index in [0.29, 0.717) is 20.7 Å². The summed E-state index contributed by atoms with van der Waals surface area (Å²) >= 11 is 2.15. The van der Waals surface area contributed by atoms with Crippen molar-refractivity contribution in [1.29, 1.82) is 0 Å². The number of hydrazone groups is 1. The fraction of sp³-hybridized carbons (Fsp3) is 0.294. The van der Waals surface area contributed by atoms with Crippen LogP contribution in [-0.4, -0.2) is 16.2 Å². The van der Waals surface area contributed by atoms with Crippen molar-refractivity contribution in [3.8, 4) is 0 Å². The first-order valence-corrected chi connectivity index (χ1v) is 9.24. The Labute approximate surface area is 158 Å². The summed E-state index contributed by atoms with van der Waals surface area (Å²) in [6, 6.07) is 9.15. The van der Waals surface area contributed by atoms with Crippen LogP contribution in [0.25, 0.3) is 0 Å². The molecule has 0 radical (unpaired) electrons. The molecular weight excluding hydrogens is 356 g/mol. The molecule has 6 nitrogen and oxygen atoms in total. The van der Waals surface area contributed by atoms with Crippen LogP contribution < -0.4 is 16.7 Å². The van der Waals surface area contributed by atoms with Gasteiger partial charge >= 0.3 is 5.97 Å². The maximum absolute atomic E-state index is 11.2. The Morgan fingerprint density at radius 3 is 2.16 bits per heavy atom. The number of nitrogens with zero attached hydrogens (tertiary/aromatic N) is 2. The summed E-state index contributed by atoms with van der Waals surface area (Å²) < 4.78 is 0.509. The van der Waals surface area contributed by atoms with Gasteiger partial charge < -0.3 is 10.9 Å². The Morgan fingerprint density at radius 2 is 1.76 bits per heavy atom. The average Bonchev–Trinajstić information content (AvgIpc) is 2.58. The number of rotatable bonds is 5. The second-order valence-electron chi connectivity index (χ2n) is 5.03. The van der Waals surface area contributed by atoms with E-state index >= 15 is 0 Å². The summed E-state index contributed by atoms with van der Waals surface area (Å²) in [5, 5.41) is 14.4. The van der Waals surface area contributed by atoms with Crippen molar-refractivity contribution in [2.75, 3.05) is 5.01 Å². The molecule has 0 aromatic heterocycles. The highest BCUT2D eigenvalue weighted by Crippen LogP contribution is 2.35. The summed E-state index contributed by atoms with van der Waals surface area (Å²) in [6.45, 7) is 11.5. The Balaban J connectivity index is 0.00000178. The molecule has 0 spiro atoms. The van der Waals surface area contributed by atoms with Crippen LogP contribution in [0.5, 0.6) is 0 Å². The van der Waals surface area contributed by atoms with E-state index in [1.807, 2.05) is 18.2 Å². The zero-order valence-corrected chi connectivity index (χ0v) is 16.7. The average molecular weight is 383 g/mol. The number of thioether (sulfide) groups is 2. The number of nitrogens with two attached hydrogens (primary N) is 2. The number of carbonyl (C=O) groups is 1. The number of hydrogen-bond donors (Lipinski definition) is 3. The van der Waals surface area contributed by atoms with Gasteiger partial charge in [-0.15, -0.1) is 0 Å². The molecule has 0 aliphatic rings. The van der Waals surface area contributed by atoms with Gasteiger partial charge in [0.1, 0.15) is 0 Å². The molecule has 0 fully saturated rings. The normalized spacial score (nSPS) is 10.4. The molecule has 0 unspecified atom stereocenters. The highest BCUT2D eigenvalue weighted by atomic mass is 32.2. The van der Waals surface area contributed by atoms with Gasteiger partial charge in [0.15, 0.2) is 0 Å². The predicted molar refractivity (Wildman–Crippen MR) is 111 cm³/mol. The number of para-hydroxylation sites is 1. The first-order chi connectivity index (χ1) is 11.8. The number of allylic oxidation sites excluding steroid dienone is 1. The van der Waals surface area contributed by atoms with Crippen LogP contribution in [0.4, 0.5) is 5.69 Å². The third-order valence-electron chi connectivity index (χ3n) is 2.42. The number of hydrogen-bond acceptors (Lipinski definition) is 6. The van der Waals surface area contributed by atoms with E-state index in [0.717, 1.165) is 23.5 Å². The Hall–Kier alpha value is -1.90. The van der Waals surface area contributed by atoms with Crippen molar-refractivity contribution < 1.29 is 9.90 Å². The lowest BCUT2D eigenvalue weighted by molar-refractivity contribution is -0.131. The van der Waals surface area contributed by atoms with Crippen LogP contribution in [0.15, 0.2) is 56.7 Å². The molecule has 5 N–H and O–H groups in total. The largest absolute Gasteiger partial charge is 0.477 e. The molecular formula is C17H26N4O2S2. The van der Waals surface area contributed by atoms with Gasteiger partial charge in [-0.25, -0.2) is 10.6 Å². The first-order valence-electron chi connectivity index (χ1n) is 7.61. The van der Waals surface area contributed by atoms with Crippen LogP contribution in [0, 0.1) is 0 Å². The fourth-order valence-electron chi connectivity index (χ4n) is 1.43. The number of anilines is 1. The lowest BCUT2D eigenvalue weighted by Gasteiger charge is -2.19. The van der Waals surface area contributed by atoms with E-state index in [-0.39, 0.29) is 4.91 Å². The summed E-state index contributed by atoms with van der Waals surface area (Å²) in [4.78, 5) is 11.4. The third-order valence-corrected chi connectivity index (χ3v) is 4.65. The minimum absolute atomic E-state index is 0.220. The lowest BCUT2D eigenvalue weighted by Crippen LogP contribution is -2.36. The molecule has 0 aliphatic heterocycles. The Morgan fingerprint density at radius 1 is 1.24 bits per heavy atom. The maximum Gasteiger partial charge on any atom is 0.342 e. The van der Waals surface area contributed by atoms with Gasteiger partial charge in [0.2, 0.25) is 5.17 Å². The molecule has 8 heteroatoms. The van der Waals surface area contributed by atoms with E-state index in [9.17, 15) is 4.79 Å². The van der Waals surface area contributed by atoms with Gasteiger partial charge in [-0.2, -0.15) is 5.10 Å². The molecule has 0 amide bonds. The van der Waals surface area contributed by atoms with Gasteiger partial charge in [0.25, 0.3) is 0 Å². The zero-order chi connectivity index (χ0) is 19.4. The molecule has 1 aromatic carbocycles. The highest BCUT2D eigenvalue weighted by Gasteiger charge is 2.17. The first kappa shape index (κ1) is 23.1. The van der Waals surface area contributed by atoms with Gasteiger partial charge in [-0.05, 0) is 37.7 Å². The van der Waals surface area contributed by atoms with Crippen molar-refractivity contribution >= 4 is 40.3 Å². The van der Waals surface area contributed by atoms with E-state index in [1.165, 1.54) is 11.4 Å². The number of amidine groups is 1. The van der Waals surface area contributed by atoms with E-state index in [4.69, 9.17) is 16.8 Å². The summed E-state index contributed by atoms with van der Waals surface area (Å²) in [5.74, 6) is 10.4. The summed E-state index contributed by atoms with van der Waals surface area (Å²) in [6.07, 6.45) is 1.25.